The van der Waals surface area contributed by atoms with Crippen molar-refractivity contribution < 1.29 is 21.1 Å². The molecule has 3 heteroatoms. The Morgan fingerprint density at radius 2 is 2.18 bits per heavy atom. The minimum absolute atomic E-state index is 0. The first-order valence-corrected chi connectivity index (χ1v) is 6.36. The predicted octanol–water partition coefficient (Wildman–Crippen LogP) is 2.39. The van der Waals surface area contributed by atoms with Crippen molar-refractivity contribution in [3.05, 3.63) is 30.7 Å². The zero-order valence-corrected chi connectivity index (χ0v) is 14.0. The number of nitrogens with one attached hydrogen (secondary N) is 1. The second-order valence-corrected chi connectivity index (χ2v) is 4.35. The summed E-state index contributed by atoms with van der Waals surface area (Å²) in [5.74, 6) is 0. The second kappa shape index (κ2) is 10.1. The molecular formula is C14H25N2W-. The Morgan fingerprint density at radius 3 is 2.76 bits per heavy atom. The minimum Gasteiger partial charge on any atom is -0.346 e. The van der Waals surface area contributed by atoms with E-state index in [-0.39, 0.29) is 21.1 Å². The average Bonchev–Trinajstić information content (AvgIpc) is 2.33. The van der Waals surface area contributed by atoms with Crippen molar-refractivity contribution in [2.24, 2.45) is 0 Å². The third kappa shape index (κ3) is 6.54. The summed E-state index contributed by atoms with van der Waals surface area (Å²) in [7, 11) is 0. The van der Waals surface area contributed by atoms with E-state index in [9.17, 15) is 0 Å². The Bertz CT molecular complexity index is 249. The first kappa shape index (κ1) is 17.1. The Labute approximate surface area is 121 Å². The van der Waals surface area contributed by atoms with Gasteiger partial charge in [-0.25, -0.2) is 0 Å². The molecule has 98 valence electrons. The molecule has 2 nitrogen and oxygen atoms in total. The largest absolute Gasteiger partial charge is 0.346 e. The van der Waals surface area contributed by atoms with Crippen molar-refractivity contribution in [1.29, 1.82) is 0 Å². The van der Waals surface area contributed by atoms with Crippen LogP contribution in [0.3, 0.4) is 0 Å². The Hall–Kier alpha value is 0.0883. The molecule has 1 heterocycles. The summed E-state index contributed by atoms with van der Waals surface area (Å²) >= 11 is 0. The first-order chi connectivity index (χ1) is 7.84. The van der Waals surface area contributed by atoms with Crippen LogP contribution in [-0.2, 0) is 21.1 Å². The van der Waals surface area contributed by atoms with Gasteiger partial charge in [0, 0.05) is 53.3 Å². The SMILES string of the molecule is CC1CN(CC2=CCCC=C2)CCN1.[CH2-]C.[W]. The summed E-state index contributed by atoms with van der Waals surface area (Å²) in [6.07, 6.45) is 9.42. The third-order valence-corrected chi connectivity index (χ3v) is 2.93. The van der Waals surface area contributed by atoms with Gasteiger partial charge >= 0.3 is 0 Å². The van der Waals surface area contributed by atoms with Crippen LogP contribution in [0.25, 0.3) is 0 Å². The van der Waals surface area contributed by atoms with Crippen LogP contribution in [0.2, 0.25) is 0 Å². The molecule has 0 bridgehead atoms. The second-order valence-electron chi connectivity index (χ2n) is 4.35. The summed E-state index contributed by atoms with van der Waals surface area (Å²) in [4.78, 5) is 2.54. The Kier molecular flexibility index (Phi) is 10.1. The number of piperazine rings is 1. The average molecular weight is 405 g/mol. The normalized spacial score (nSPS) is 24.2. The van der Waals surface area contributed by atoms with Gasteiger partial charge in [-0.05, 0) is 25.3 Å². The first-order valence-electron chi connectivity index (χ1n) is 6.36. The molecule has 2 aliphatic rings. The molecule has 1 saturated heterocycles. The monoisotopic (exact) mass is 405 g/mol. The smallest absolute Gasteiger partial charge is 0.0231 e. The molecule has 2 rings (SSSR count). The van der Waals surface area contributed by atoms with Crippen LogP contribution in [0.5, 0.6) is 0 Å². The molecule has 0 aromatic rings. The van der Waals surface area contributed by atoms with E-state index in [0.29, 0.717) is 6.04 Å². The molecule has 0 aromatic carbocycles. The fourth-order valence-corrected chi connectivity index (χ4v) is 2.20. The van der Waals surface area contributed by atoms with E-state index in [4.69, 9.17) is 0 Å². The molecule has 0 saturated carbocycles. The summed E-state index contributed by atoms with van der Waals surface area (Å²) in [5, 5.41) is 3.47. The molecule has 0 radical (unpaired) electrons. The van der Waals surface area contributed by atoms with Crippen LogP contribution < -0.4 is 5.32 Å². The molecule has 0 amide bonds. The van der Waals surface area contributed by atoms with Crippen LogP contribution in [0.15, 0.2) is 23.8 Å². The predicted molar refractivity (Wildman–Crippen MR) is 71.4 cm³/mol. The van der Waals surface area contributed by atoms with Crippen molar-refractivity contribution in [3.8, 4) is 0 Å². The molecule has 1 unspecified atom stereocenters. The molecule has 17 heavy (non-hydrogen) atoms. The maximum absolute atomic E-state index is 3.47. The topological polar surface area (TPSA) is 15.3 Å². The minimum atomic E-state index is 0. The number of hydrogen-bond donors (Lipinski definition) is 1. The van der Waals surface area contributed by atoms with Crippen LogP contribution in [-0.4, -0.2) is 37.1 Å². The van der Waals surface area contributed by atoms with Gasteiger partial charge in [-0.15, -0.1) is 0 Å². The Morgan fingerprint density at radius 1 is 1.41 bits per heavy atom. The zero-order valence-electron chi connectivity index (χ0n) is 11.1. The maximum atomic E-state index is 3.47. The van der Waals surface area contributed by atoms with Gasteiger partial charge in [0.25, 0.3) is 0 Å². The van der Waals surface area contributed by atoms with Crippen molar-refractivity contribution in [3.63, 3.8) is 0 Å². The van der Waals surface area contributed by atoms with Crippen LogP contribution in [0.4, 0.5) is 0 Å². The van der Waals surface area contributed by atoms with Gasteiger partial charge in [0.15, 0.2) is 0 Å². The Balaban J connectivity index is 0.000000811. The quantitative estimate of drug-likeness (QED) is 0.711. The van der Waals surface area contributed by atoms with Crippen LogP contribution in [0, 0.1) is 6.92 Å². The molecule has 1 aliphatic carbocycles. The molecule has 1 N–H and O–H groups in total. The van der Waals surface area contributed by atoms with E-state index in [1.165, 1.54) is 31.5 Å². The summed E-state index contributed by atoms with van der Waals surface area (Å²) < 4.78 is 0. The molecule has 0 spiro atoms. The van der Waals surface area contributed by atoms with E-state index < -0.39 is 0 Å². The van der Waals surface area contributed by atoms with Gasteiger partial charge in [0.05, 0.1) is 0 Å². The molecule has 1 atom stereocenters. The van der Waals surface area contributed by atoms with Crippen LogP contribution >= 0.6 is 0 Å². The fourth-order valence-electron chi connectivity index (χ4n) is 2.20. The maximum Gasteiger partial charge on any atom is 0.0231 e. The molecule has 1 aliphatic heterocycles. The van der Waals surface area contributed by atoms with Gasteiger partial charge in [-0.1, -0.05) is 18.2 Å². The number of hydrogen-bond acceptors (Lipinski definition) is 2. The summed E-state index contributed by atoms with van der Waals surface area (Å²) in [6.45, 7) is 11.9. The van der Waals surface area contributed by atoms with Crippen molar-refractivity contribution in [2.75, 3.05) is 26.2 Å². The zero-order chi connectivity index (χ0) is 11.8. The van der Waals surface area contributed by atoms with Gasteiger partial charge in [0.1, 0.15) is 0 Å². The summed E-state index contributed by atoms with van der Waals surface area (Å²) in [5.41, 5.74) is 1.50. The fraction of sp³-hybridized carbons (Fsp3) is 0.643. The standard InChI is InChI=1S/C12H20N2.C2H5.W/c1-11-9-14(8-7-13-11)10-12-5-3-2-4-6-12;1-2;/h3,5-6,11,13H,2,4,7-10H2,1H3;1H2,2H3;/q;-1;. The van der Waals surface area contributed by atoms with Crippen LogP contribution in [0.1, 0.15) is 26.7 Å². The van der Waals surface area contributed by atoms with E-state index in [1.807, 2.05) is 0 Å². The van der Waals surface area contributed by atoms with E-state index >= 15 is 0 Å². The number of rotatable bonds is 2. The van der Waals surface area contributed by atoms with E-state index in [2.05, 4.69) is 42.3 Å². The molecule has 1 fully saturated rings. The van der Waals surface area contributed by atoms with Gasteiger partial charge in [-0.3, -0.25) is 4.90 Å². The number of nitrogens with zero attached hydrogens (tertiary/aromatic N) is 1. The van der Waals surface area contributed by atoms with Crippen molar-refractivity contribution in [1.82, 2.24) is 10.2 Å². The third-order valence-electron chi connectivity index (χ3n) is 2.93. The van der Waals surface area contributed by atoms with Crippen molar-refractivity contribution in [2.45, 2.75) is 32.7 Å². The number of allylic oxidation sites excluding steroid dienone is 2. The van der Waals surface area contributed by atoms with Gasteiger partial charge in [-0.2, -0.15) is 6.92 Å². The van der Waals surface area contributed by atoms with Gasteiger partial charge < -0.3 is 12.2 Å². The van der Waals surface area contributed by atoms with E-state index in [0.717, 1.165) is 13.1 Å². The van der Waals surface area contributed by atoms with Gasteiger partial charge in [0.2, 0.25) is 0 Å². The van der Waals surface area contributed by atoms with Crippen molar-refractivity contribution >= 4 is 0 Å². The summed E-state index contributed by atoms with van der Waals surface area (Å²) in [6, 6.07) is 0.650. The molecular weight excluding hydrogens is 380 g/mol. The van der Waals surface area contributed by atoms with E-state index in [1.54, 1.807) is 6.92 Å². The molecule has 0 aromatic heterocycles.